The molecule has 1 aromatic carbocycles. The third kappa shape index (κ3) is 2.27. The van der Waals surface area contributed by atoms with Crippen LogP contribution in [0.2, 0.25) is 0 Å². The van der Waals surface area contributed by atoms with E-state index in [1.54, 1.807) is 6.07 Å². The Morgan fingerprint density at radius 3 is 2.52 bits per heavy atom. The second-order valence-corrected chi connectivity index (χ2v) is 6.50. The van der Waals surface area contributed by atoms with Crippen LogP contribution in [-0.2, 0) is 6.18 Å². The average Bonchev–Trinajstić information content (AvgIpc) is 3.06. The lowest BCUT2D eigenvalue weighted by Gasteiger charge is -2.41. The molecule has 0 aromatic heterocycles. The zero-order chi connectivity index (χ0) is 15.3. The molecule has 4 unspecified atom stereocenters. The number of hydrogen-bond acceptors (Lipinski definition) is 2. The summed E-state index contributed by atoms with van der Waals surface area (Å²) < 4.78 is 39.5. The molecule has 0 spiro atoms. The Hall–Kier alpha value is -1.07. The topological polar surface area (TPSA) is 46.2 Å². The zero-order valence-electron chi connectivity index (χ0n) is 11.7. The van der Waals surface area contributed by atoms with E-state index < -0.39 is 23.3 Å². The molecular formula is C16H20F3NO. The van der Waals surface area contributed by atoms with Crippen LogP contribution in [0.4, 0.5) is 13.2 Å². The van der Waals surface area contributed by atoms with Crippen LogP contribution >= 0.6 is 0 Å². The molecule has 3 rings (SSSR count). The Kier molecular flexibility index (Phi) is 3.53. The van der Waals surface area contributed by atoms with Crippen LogP contribution in [0.15, 0.2) is 24.3 Å². The van der Waals surface area contributed by atoms with Gasteiger partial charge in [0.15, 0.2) is 0 Å². The van der Waals surface area contributed by atoms with E-state index in [0.29, 0.717) is 5.92 Å². The molecule has 2 nitrogen and oxygen atoms in total. The number of aliphatic hydroxyl groups excluding tert-OH is 1. The molecule has 2 aliphatic rings. The Balaban J connectivity index is 2.01. The summed E-state index contributed by atoms with van der Waals surface area (Å²) in [5.41, 5.74) is 4.55. The van der Waals surface area contributed by atoms with Gasteiger partial charge in [-0.3, -0.25) is 0 Å². The lowest BCUT2D eigenvalue weighted by Crippen LogP contribution is -2.42. The second kappa shape index (κ2) is 4.99. The smallest absolute Gasteiger partial charge is 0.388 e. The summed E-state index contributed by atoms with van der Waals surface area (Å²) in [5.74, 6) is 0.745. The molecule has 0 heterocycles. The van der Waals surface area contributed by atoms with Crippen LogP contribution < -0.4 is 5.73 Å². The molecule has 2 saturated carbocycles. The number of fused-ring (bicyclic) bond motifs is 2. The van der Waals surface area contributed by atoms with E-state index in [2.05, 4.69) is 0 Å². The summed E-state index contributed by atoms with van der Waals surface area (Å²) in [7, 11) is 0. The molecule has 0 saturated heterocycles. The highest BCUT2D eigenvalue weighted by Gasteiger charge is 2.55. The van der Waals surface area contributed by atoms with Crippen LogP contribution in [0.5, 0.6) is 0 Å². The molecule has 0 aliphatic heterocycles. The SMILES string of the molecule is NCC1(C(O)c2ccccc2C(F)(F)F)CC2CCC1C2. The van der Waals surface area contributed by atoms with Crippen LogP contribution in [-0.4, -0.2) is 11.7 Å². The third-order valence-corrected chi connectivity index (χ3v) is 5.51. The largest absolute Gasteiger partial charge is 0.416 e. The van der Waals surface area contributed by atoms with Crippen molar-refractivity contribution in [1.82, 2.24) is 0 Å². The van der Waals surface area contributed by atoms with Crippen LogP contribution in [0.1, 0.15) is 42.9 Å². The van der Waals surface area contributed by atoms with E-state index in [4.69, 9.17) is 5.73 Å². The molecular weight excluding hydrogens is 279 g/mol. The molecule has 1 aromatic rings. The van der Waals surface area contributed by atoms with Crippen molar-refractivity contribution in [2.45, 2.75) is 38.0 Å². The average molecular weight is 299 g/mol. The standard InChI is InChI=1S/C16H20F3NO/c17-16(18,19)13-4-2-1-3-12(13)14(21)15(9-20)8-10-5-6-11(15)7-10/h1-4,10-11,14,21H,5-9,20H2. The first-order chi connectivity index (χ1) is 9.88. The summed E-state index contributed by atoms with van der Waals surface area (Å²) >= 11 is 0. The van der Waals surface area contributed by atoms with Crippen molar-refractivity contribution in [3.63, 3.8) is 0 Å². The number of nitrogens with two attached hydrogens (primary N) is 1. The molecule has 116 valence electrons. The van der Waals surface area contributed by atoms with Gasteiger partial charge < -0.3 is 10.8 Å². The predicted molar refractivity (Wildman–Crippen MR) is 73.3 cm³/mol. The lowest BCUT2D eigenvalue weighted by molar-refractivity contribution is -0.140. The monoisotopic (exact) mass is 299 g/mol. The van der Waals surface area contributed by atoms with Gasteiger partial charge in [0.25, 0.3) is 0 Å². The number of aliphatic hydroxyl groups is 1. The molecule has 2 bridgehead atoms. The maximum absolute atomic E-state index is 13.2. The van der Waals surface area contributed by atoms with Gasteiger partial charge in [-0.25, -0.2) is 0 Å². The van der Waals surface area contributed by atoms with Gasteiger partial charge in [-0.15, -0.1) is 0 Å². The molecule has 2 fully saturated rings. The van der Waals surface area contributed by atoms with Gasteiger partial charge in [0.1, 0.15) is 0 Å². The summed E-state index contributed by atoms with van der Waals surface area (Å²) in [5, 5.41) is 10.8. The van der Waals surface area contributed by atoms with Crippen LogP contribution in [0.25, 0.3) is 0 Å². The fraction of sp³-hybridized carbons (Fsp3) is 0.625. The van der Waals surface area contributed by atoms with Crippen molar-refractivity contribution in [2.24, 2.45) is 23.0 Å². The first-order valence-electron chi connectivity index (χ1n) is 7.43. The minimum atomic E-state index is -4.45. The highest BCUT2D eigenvalue weighted by Crippen LogP contribution is 2.61. The van der Waals surface area contributed by atoms with E-state index in [9.17, 15) is 18.3 Å². The van der Waals surface area contributed by atoms with Gasteiger partial charge in [-0.2, -0.15) is 13.2 Å². The highest BCUT2D eigenvalue weighted by atomic mass is 19.4. The summed E-state index contributed by atoms with van der Waals surface area (Å²) in [6.45, 7) is 0.238. The van der Waals surface area contributed by atoms with E-state index in [0.717, 1.165) is 31.7 Å². The summed E-state index contributed by atoms with van der Waals surface area (Å²) in [6.07, 6.45) is -1.79. The van der Waals surface area contributed by atoms with Gasteiger partial charge in [-0.1, -0.05) is 24.6 Å². The van der Waals surface area contributed by atoms with Crippen molar-refractivity contribution < 1.29 is 18.3 Å². The molecule has 3 N–H and O–H groups in total. The molecule has 0 radical (unpaired) electrons. The Bertz CT molecular complexity index is 530. The van der Waals surface area contributed by atoms with Gasteiger partial charge in [0, 0.05) is 12.0 Å². The quantitative estimate of drug-likeness (QED) is 0.897. The van der Waals surface area contributed by atoms with Crippen molar-refractivity contribution in [1.29, 1.82) is 0 Å². The van der Waals surface area contributed by atoms with Crippen LogP contribution in [0, 0.1) is 17.3 Å². The van der Waals surface area contributed by atoms with Crippen molar-refractivity contribution in [3.05, 3.63) is 35.4 Å². The number of hydrogen-bond donors (Lipinski definition) is 2. The molecule has 2 aliphatic carbocycles. The predicted octanol–water partition coefficient (Wildman–Crippen LogP) is 3.50. The van der Waals surface area contributed by atoms with Gasteiger partial charge >= 0.3 is 6.18 Å². The Morgan fingerprint density at radius 1 is 1.29 bits per heavy atom. The first-order valence-corrected chi connectivity index (χ1v) is 7.43. The maximum atomic E-state index is 13.2. The molecule has 0 amide bonds. The molecule has 21 heavy (non-hydrogen) atoms. The van der Waals surface area contributed by atoms with E-state index in [-0.39, 0.29) is 18.0 Å². The first kappa shape index (κ1) is 14.9. The number of alkyl halides is 3. The number of rotatable bonds is 3. The fourth-order valence-electron chi connectivity index (χ4n) is 4.49. The minimum Gasteiger partial charge on any atom is -0.388 e. The second-order valence-electron chi connectivity index (χ2n) is 6.50. The fourth-order valence-corrected chi connectivity index (χ4v) is 4.49. The van der Waals surface area contributed by atoms with Gasteiger partial charge in [0.05, 0.1) is 11.7 Å². The number of halogens is 3. The molecule has 5 heteroatoms. The van der Waals surface area contributed by atoms with E-state index in [1.807, 2.05) is 0 Å². The van der Waals surface area contributed by atoms with E-state index >= 15 is 0 Å². The van der Waals surface area contributed by atoms with Crippen molar-refractivity contribution in [2.75, 3.05) is 6.54 Å². The maximum Gasteiger partial charge on any atom is 0.416 e. The van der Waals surface area contributed by atoms with Crippen molar-refractivity contribution in [3.8, 4) is 0 Å². The zero-order valence-corrected chi connectivity index (χ0v) is 11.7. The Labute approximate surface area is 122 Å². The van der Waals surface area contributed by atoms with Crippen molar-refractivity contribution >= 4 is 0 Å². The van der Waals surface area contributed by atoms with Gasteiger partial charge in [-0.05, 0) is 42.7 Å². The Morgan fingerprint density at radius 2 is 2.00 bits per heavy atom. The number of benzene rings is 1. The molecule has 4 atom stereocenters. The van der Waals surface area contributed by atoms with E-state index in [1.165, 1.54) is 12.1 Å². The minimum absolute atomic E-state index is 0.0250. The summed E-state index contributed by atoms with van der Waals surface area (Å²) in [6, 6.07) is 5.33. The third-order valence-electron chi connectivity index (χ3n) is 5.51. The normalized spacial score (nSPS) is 33.4. The highest BCUT2D eigenvalue weighted by molar-refractivity contribution is 5.33. The van der Waals surface area contributed by atoms with Gasteiger partial charge in [0.2, 0.25) is 0 Å². The lowest BCUT2D eigenvalue weighted by atomic mass is 9.67. The van der Waals surface area contributed by atoms with Crippen LogP contribution in [0.3, 0.4) is 0 Å². The summed E-state index contributed by atoms with van der Waals surface area (Å²) in [4.78, 5) is 0.